The molecule has 322 valence electrons. The molecule has 0 aromatic carbocycles. The highest BCUT2D eigenvalue weighted by Gasteiger charge is 2.28. The molecule has 6 nitrogen and oxygen atoms in total. The Hall–Kier alpha value is -1.73. The lowest BCUT2D eigenvalue weighted by molar-refractivity contribution is -0.132. The van der Waals surface area contributed by atoms with Crippen molar-refractivity contribution >= 4 is 5.91 Å². The third-order valence-electron chi connectivity index (χ3n) is 10.7. The fourth-order valence-electron chi connectivity index (χ4n) is 6.96. The Kier molecular flexibility index (Phi) is 42.0. The SMILES string of the molecule is CCCCCCCC/C=C\CCCCC(O)C(=O)NC(CO)C(O)C(O)CCC/C=C/CC/C=C/CC/C=C/CCCCCCCCCCCCCCCC. The number of amides is 1. The van der Waals surface area contributed by atoms with E-state index in [0.717, 1.165) is 51.4 Å². The molecule has 0 spiro atoms. The first-order valence-corrected chi connectivity index (χ1v) is 23.5. The van der Waals surface area contributed by atoms with Crippen LogP contribution in [0.3, 0.4) is 0 Å². The molecule has 0 aliphatic heterocycles. The number of aliphatic hydroxyl groups excluding tert-OH is 4. The minimum atomic E-state index is -1.30. The van der Waals surface area contributed by atoms with Gasteiger partial charge in [-0.05, 0) is 89.9 Å². The van der Waals surface area contributed by atoms with Crippen molar-refractivity contribution in [2.75, 3.05) is 6.61 Å². The molecule has 0 aliphatic carbocycles. The largest absolute Gasteiger partial charge is 0.394 e. The smallest absolute Gasteiger partial charge is 0.249 e. The van der Waals surface area contributed by atoms with Crippen LogP contribution in [0.2, 0.25) is 0 Å². The molecule has 55 heavy (non-hydrogen) atoms. The van der Waals surface area contributed by atoms with Gasteiger partial charge in [-0.1, -0.05) is 184 Å². The molecule has 4 unspecified atom stereocenters. The van der Waals surface area contributed by atoms with Gasteiger partial charge in [0.2, 0.25) is 5.91 Å². The summed E-state index contributed by atoms with van der Waals surface area (Å²) in [6.07, 6.45) is 53.1. The Balaban J connectivity index is 3.78. The molecule has 0 aromatic rings. The second-order valence-electron chi connectivity index (χ2n) is 16.1. The van der Waals surface area contributed by atoms with Crippen LogP contribution in [0.25, 0.3) is 0 Å². The number of hydrogen-bond acceptors (Lipinski definition) is 5. The van der Waals surface area contributed by atoms with Crippen LogP contribution in [0.15, 0.2) is 48.6 Å². The summed E-state index contributed by atoms with van der Waals surface area (Å²) in [5, 5.41) is 43.6. The van der Waals surface area contributed by atoms with Crippen molar-refractivity contribution in [3.05, 3.63) is 48.6 Å². The second-order valence-corrected chi connectivity index (χ2v) is 16.1. The molecule has 5 N–H and O–H groups in total. The maximum atomic E-state index is 12.5. The summed E-state index contributed by atoms with van der Waals surface area (Å²) in [6.45, 7) is 4.01. The first kappa shape index (κ1) is 53.3. The number of hydrogen-bond donors (Lipinski definition) is 5. The van der Waals surface area contributed by atoms with Gasteiger partial charge in [-0.25, -0.2) is 0 Å². The summed E-state index contributed by atoms with van der Waals surface area (Å²) in [6, 6.07) is -1.02. The molecule has 0 heterocycles. The quantitative estimate of drug-likeness (QED) is 0.0313. The van der Waals surface area contributed by atoms with Crippen molar-refractivity contribution in [2.45, 2.75) is 250 Å². The van der Waals surface area contributed by atoms with Gasteiger partial charge in [-0.15, -0.1) is 0 Å². The van der Waals surface area contributed by atoms with E-state index in [1.807, 2.05) is 0 Å². The molecule has 0 radical (unpaired) electrons. The summed E-state index contributed by atoms with van der Waals surface area (Å²) in [5.41, 5.74) is 0. The zero-order valence-electron chi connectivity index (χ0n) is 36.2. The standard InChI is InChI=1S/C49H91NO5/c1-3-5-7-9-11-13-15-17-18-19-20-21-22-23-24-25-26-27-28-29-30-31-33-34-36-38-40-42-46(52)48(54)45(44-51)50-49(55)47(53)43-41-39-37-35-32-16-14-12-10-8-6-4-2/h25-26,29-30,32,34-36,45-48,51-54H,3-24,27-28,31,33,37-44H2,1-2H3,(H,50,55)/b26-25+,30-29+,35-32-,36-34+. The summed E-state index contributed by atoms with van der Waals surface area (Å²) in [5.74, 6) is -0.618. The average molecular weight is 774 g/mol. The van der Waals surface area contributed by atoms with Gasteiger partial charge in [0.15, 0.2) is 0 Å². The molecule has 0 rings (SSSR count). The van der Waals surface area contributed by atoms with Crippen molar-refractivity contribution in [2.24, 2.45) is 0 Å². The van der Waals surface area contributed by atoms with E-state index in [0.29, 0.717) is 25.7 Å². The lowest BCUT2D eigenvalue weighted by Crippen LogP contribution is -2.53. The van der Waals surface area contributed by atoms with Gasteiger partial charge in [0.05, 0.1) is 18.8 Å². The van der Waals surface area contributed by atoms with Crippen LogP contribution < -0.4 is 5.32 Å². The van der Waals surface area contributed by atoms with Gasteiger partial charge in [-0.2, -0.15) is 0 Å². The summed E-state index contributed by atoms with van der Waals surface area (Å²) >= 11 is 0. The van der Waals surface area contributed by atoms with E-state index < -0.39 is 36.9 Å². The van der Waals surface area contributed by atoms with E-state index in [2.05, 4.69) is 67.8 Å². The van der Waals surface area contributed by atoms with Crippen LogP contribution in [0, 0.1) is 0 Å². The number of allylic oxidation sites excluding steroid dienone is 8. The van der Waals surface area contributed by atoms with Gasteiger partial charge in [0.25, 0.3) is 0 Å². The van der Waals surface area contributed by atoms with E-state index in [1.54, 1.807) is 0 Å². The van der Waals surface area contributed by atoms with Gasteiger partial charge in [0.1, 0.15) is 12.2 Å². The van der Waals surface area contributed by atoms with Crippen LogP contribution >= 0.6 is 0 Å². The molecule has 0 aromatic heterocycles. The summed E-state index contributed by atoms with van der Waals surface area (Å²) in [4.78, 5) is 12.5. The Morgan fingerprint density at radius 1 is 0.436 bits per heavy atom. The Morgan fingerprint density at radius 2 is 0.764 bits per heavy atom. The maximum Gasteiger partial charge on any atom is 0.249 e. The van der Waals surface area contributed by atoms with Crippen molar-refractivity contribution in [1.82, 2.24) is 5.32 Å². The molecular formula is C49H91NO5. The Labute approximate surface area is 340 Å². The highest BCUT2D eigenvalue weighted by molar-refractivity contribution is 5.80. The minimum absolute atomic E-state index is 0.326. The average Bonchev–Trinajstić information content (AvgIpc) is 3.19. The van der Waals surface area contributed by atoms with Crippen LogP contribution in [0.1, 0.15) is 226 Å². The minimum Gasteiger partial charge on any atom is -0.394 e. The molecule has 1 amide bonds. The molecule has 6 heteroatoms. The second kappa shape index (κ2) is 43.4. The number of carbonyl (C=O) groups excluding carboxylic acids is 1. The fraction of sp³-hybridized carbons (Fsp3) is 0.816. The van der Waals surface area contributed by atoms with Gasteiger partial charge in [-0.3, -0.25) is 4.79 Å². The molecule has 0 saturated heterocycles. The van der Waals surface area contributed by atoms with E-state index in [9.17, 15) is 25.2 Å². The van der Waals surface area contributed by atoms with Gasteiger partial charge < -0.3 is 25.7 Å². The topological polar surface area (TPSA) is 110 Å². The summed E-state index contributed by atoms with van der Waals surface area (Å²) < 4.78 is 0. The van der Waals surface area contributed by atoms with Crippen molar-refractivity contribution in [3.63, 3.8) is 0 Å². The van der Waals surface area contributed by atoms with Crippen molar-refractivity contribution in [1.29, 1.82) is 0 Å². The number of carbonyl (C=O) groups is 1. The van der Waals surface area contributed by atoms with Gasteiger partial charge >= 0.3 is 0 Å². The zero-order valence-corrected chi connectivity index (χ0v) is 36.2. The first-order valence-electron chi connectivity index (χ1n) is 23.5. The lowest BCUT2D eigenvalue weighted by Gasteiger charge is -2.27. The molecule has 4 atom stereocenters. The molecular weight excluding hydrogens is 683 g/mol. The van der Waals surface area contributed by atoms with Crippen LogP contribution in [0.4, 0.5) is 0 Å². The van der Waals surface area contributed by atoms with E-state index in [1.165, 1.54) is 135 Å². The highest BCUT2D eigenvalue weighted by atomic mass is 16.3. The number of aliphatic hydroxyl groups is 4. The maximum absolute atomic E-state index is 12.5. The number of nitrogens with one attached hydrogen (secondary N) is 1. The van der Waals surface area contributed by atoms with Crippen LogP contribution in [0.5, 0.6) is 0 Å². The van der Waals surface area contributed by atoms with Crippen molar-refractivity contribution in [3.8, 4) is 0 Å². The molecule has 0 saturated carbocycles. The van der Waals surface area contributed by atoms with Gasteiger partial charge in [0, 0.05) is 0 Å². The Morgan fingerprint density at radius 3 is 1.15 bits per heavy atom. The first-order chi connectivity index (χ1) is 27.0. The number of rotatable bonds is 42. The highest BCUT2D eigenvalue weighted by Crippen LogP contribution is 2.15. The monoisotopic (exact) mass is 774 g/mol. The predicted molar refractivity (Wildman–Crippen MR) is 237 cm³/mol. The lowest BCUT2D eigenvalue weighted by atomic mass is 10.00. The zero-order chi connectivity index (χ0) is 40.3. The van der Waals surface area contributed by atoms with E-state index >= 15 is 0 Å². The third-order valence-corrected chi connectivity index (χ3v) is 10.7. The van der Waals surface area contributed by atoms with E-state index in [4.69, 9.17) is 0 Å². The van der Waals surface area contributed by atoms with Crippen molar-refractivity contribution < 1.29 is 25.2 Å². The van der Waals surface area contributed by atoms with Crippen LogP contribution in [-0.2, 0) is 4.79 Å². The fourth-order valence-corrected chi connectivity index (χ4v) is 6.96. The molecule has 0 fully saturated rings. The normalized spacial score (nSPS) is 14.5. The Bertz CT molecular complexity index is 915. The van der Waals surface area contributed by atoms with Crippen LogP contribution in [-0.4, -0.2) is 57.3 Å². The summed E-state index contributed by atoms with van der Waals surface area (Å²) in [7, 11) is 0. The third kappa shape index (κ3) is 37.6. The number of unbranched alkanes of at least 4 members (excludes halogenated alkanes) is 25. The molecule has 0 bridgehead atoms. The molecule has 0 aliphatic rings. The predicted octanol–water partition coefficient (Wildman–Crippen LogP) is 12.7. The van der Waals surface area contributed by atoms with E-state index in [-0.39, 0.29) is 0 Å².